The van der Waals surface area contributed by atoms with Gasteiger partial charge in [0, 0.05) is 14.1 Å². The number of methoxy groups -OCH3 is 2. The number of nitriles is 1. The first-order valence-corrected chi connectivity index (χ1v) is 10.5. The average Bonchev–Trinajstić information content (AvgIpc) is 2.86. The van der Waals surface area contributed by atoms with Gasteiger partial charge in [-0.1, -0.05) is 30.3 Å². The van der Waals surface area contributed by atoms with Crippen LogP contribution in [0.3, 0.4) is 0 Å². The fraction of sp³-hybridized carbons (Fsp3) is 0.240. The molecule has 0 saturated carbocycles. The number of carbonyl (C=O) groups is 2. The van der Waals surface area contributed by atoms with Crippen molar-refractivity contribution in [3.63, 3.8) is 0 Å². The van der Waals surface area contributed by atoms with Gasteiger partial charge in [-0.25, -0.2) is 9.59 Å². The Morgan fingerprint density at radius 1 is 1.06 bits per heavy atom. The Labute approximate surface area is 205 Å². The molecule has 188 valence electrons. The zero-order valence-corrected chi connectivity index (χ0v) is 19.9. The Morgan fingerprint density at radius 3 is 2.17 bits per heavy atom. The van der Waals surface area contributed by atoms with Gasteiger partial charge in [-0.15, -0.1) is 0 Å². The van der Waals surface area contributed by atoms with E-state index in [4.69, 9.17) is 15.2 Å². The van der Waals surface area contributed by atoms with Crippen molar-refractivity contribution in [3.8, 4) is 6.07 Å². The van der Waals surface area contributed by atoms with E-state index in [1.165, 1.54) is 11.0 Å². The van der Waals surface area contributed by atoms with Crippen LogP contribution < -0.4 is 15.5 Å². The molecule has 1 unspecified atom stereocenters. The van der Waals surface area contributed by atoms with Gasteiger partial charge >= 0.3 is 18.1 Å². The van der Waals surface area contributed by atoms with E-state index in [2.05, 4.69) is 0 Å². The number of nitrogens with zero attached hydrogens (tertiary/aromatic N) is 3. The Kier molecular flexibility index (Phi) is 7.29. The molecule has 2 aromatic carbocycles. The van der Waals surface area contributed by atoms with E-state index in [1.807, 2.05) is 6.07 Å². The summed E-state index contributed by atoms with van der Waals surface area (Å²) in [4.78, 5) is 28.7. The fourth-order valence-electron chi connectivity index (χ4n) is 4.02. The van der Waals surface area contributed by atoms with E-state index in [1.54, 1.807) is 44.4 Å². The molecule has 0 bridgehead atoms. The van der Waals surface area contributed by atoms with Crippen LogP contribution >= 0.6 is 0 Å². The lowest BCUT2D eigenvalue weighted by atomic mass is 9.81. The molecule has 0 aromatic heterocycles. The smallest absolute Gasteiger partial charge is 0.416 e. The Hall–Kier alpha value is -4.46. The van der Waals surface area contributed by atoms with Crippen LogP contribution in [0.2, 0.25) is 0 Å². The van der Waals surface area contributed by atoms with Crippen LogP contribution in [0.4, 0.5) is 24.5 Å². The lowest BCUT2D eigenvalue weighted by Gasteiger charge is -2.37. The number of rotatable bonds is 5. The number of ether oxygens (including phenoxy) is 2. The molecule has 0 amide bonds. The summed E-state index contributed by atoms with van der Waals surface area (Å²) in [5, 5.41) is 10.1. The van der Waals surface area contributed by atoms with Crippen LogP contribution in [-0.4, -0.2) is 40.3 Å². The zero-order valence-electron chi connectivity index (χ0n) is 19.9. The number of hydrogen-bond donors (Lipinski definition) is 1. The summed E-state index contributed by atoms with van der Waals surface area (Å²) < 4.78 is 50.9. The van der Waals surface area contributed by atoms with Gasteiger partial charge in [0.15, 0.2) is 0 Å². The number of halogens is 3. The number of alkyl halides is 3. The number of benzene rings is 2. The van der Waals surface area contributed by atoms with Crippen LogP contribution in [0.15, 0.2) is 71.2 Å². The lowest BCUT2D eigenvalue weighted by Crippen LogP contribution is -2.41. The van der Waals surface area contributed by atoms with Crippen molar-refractivity contribution in [1.82, 2.24) is 0 Å². The highest BCUT2D eigenvalue weighted by Gasteiger charge is 2.44. The molecule has 3 rings (SSSR count). The molecule has 1 heterocycles. The molecule has 0 saturated heterocycles. The van der Waals surface area contributed by atoms with Gasteiger partial charge in [0.1, 0.15) is 11.5 Å². The maximum Gasteiger partial charge on any atom is 0.416 e. The number of hydrogen-bond acceptors (Lipinski definition) is 8. The molecule has 8 nitrogen and oxygen atoms in total. The first-order valence-electron chi connectivity index (χ1n) is 10.5. The van der Waals surface area contributed by atoms with E-state index in [0.29, 0.717) is 5.56 Å². The molecule has 1 aliphatic rings. The minimum atomic E-state index is -4.72. The van der Waals surface area contributed by atoms with E-state index in [9.17, 15) is 28.0 Å². The van der Waals surface area contributed by atoms with Crippen molar-refractivity contribution in [3.05, 3.63) is 82.3 Å². The van der Waals surface area contributed by atoms with Crippen molar-refractivity contribution < 1.29 is 32.2 Å². The molecule has 36 heavy (non-hydrogen) atoms. The van der Waals surface area contributed by atoms with Crippen LogP contribution in [0.25, 0.3) is 0 Å². The van der Waals surface area contributed by atoms with Gasteiger partial charge in [0.25, 0.3) is 0 Å². The highest BCUT2D eigenvalue weighted by Crippen LogP contribution is 2.46. The minimum absolute atomic E-state index is 0.156. The fourth-order valence-corrected chi connectivity index (χ4v) is 4.02. The molecular weight excluding hydrogens is 477 g/mol. The largest absolute Gasteiger partial charge is 0.466 e. The molecule has 0 fully saturated rings. The topological polar surface area (TPSA) is 109 Å². The Bertz CT molecular complexity index is 1290. The van der Waals surface area contributed by atoms with Gasteiger partial charge in [0.2, 0.25) is 0 Å². The van der Waals surface area contributed by atoms with E-state index in [0.717, 1.165) is 31.3 Å². The van der Waals surface area contributed by atoms with Crippen molar-refractivity contribution >= 4 is 23.3 Å². The molecule has 1 aliphatic heterocycles. The van der Waals surface area contributed by atoms with Gasteiger partial charge in [-0.05, 0) is 23.8 Å². The third kappa shape index (κ3) is 4.57. The maximum atomic E-state index is 13.7. The summed E-state index contributed by atoms with van der Waals surface area (Å²) in [7, 11) is 5.30. The third-order valence-corrected chi connectivity index (χ3v) is 5.64. The van der Waals surface area contributed by atoms with Crippen LogP contribution in [0.1, 0.15) is 17.0 Å². The van der Waals surface area contributed by atoms with Crippen molar-refractivity contribution in [2.75, 3.05) is 38.1 Å². The van der Waals surface area contributed by atoms with Crippen molar-refractivity contribution in [2.24, 2.45) is 5.73 Å². The molecule has 11 heteroatoms. The van der Waals surface area contributed by atoms with Gasteiger partial charge < -0.3 is 20.1 Å². The summed E-state index contributed by atoms with van der Waals surface area (Å²) in [5.74, 6) is -3.50. The van der Waals surface area contributed by atoms with E-state index >= 15 is 0 Å². The predicted molar refractivity (Wildman–Crippen MR) is 125 cm³/mol. The summed E-state index contributed by atoms with van der Waals surface area (Å²) in [6.07, 6.45) is -4.72. The molecular formula is C25H23F3N4O4. The average molecular weight is 500 g/mol. The first kappa shape index (κ1) is 26.2. The molecule has 0 aliphatic carbocycles. The Balaban J connectivity index is 2.51. The van der Waals surface area contributed by atoms with Crippen molar-refractivity contribution in [1.29, 1.82) is 5.26 Å². The summed E-state index contributed by atoms with van der Waals surface area (Å²) in [6.45, 7) is 0. The highest BCUT2D eigenvalue weighted by atomic mass is 19.4. The SMILES string of the molecule is COC(=O)C1=C(C(=O)OC)N(c2cc(C(F)(F)F)ccc2N(C)C)C(N)=C(C#N)C1c1ccccc1. The summed E-state index contributed by atoms with van der Waals surface area (Å²) >= 11 is 0. The molecule has 2 aromatic rings. The number of esters is 2. The standard InChI is InChI=1S/C25H23F3N4O4/c1-31(2)17-11-10-15(25(26,27)28)12-18(17)32-21(24(34)36-4)20(23(33)35-3)19(16(13-29)22(32)30)14-8-6-5-7-9-14/h5-12,19H,30H2,1-4H3. The Morgan fingerprint density at radius 2 is 1.67 bits per heavy atom. The van der Waals surface area contributed by atoms with Gasteiger partial charge in [-0.3, -0.25) is 4.90 Å². The molecule has 2 N–H and O–H groups in total. The normalized spacial score (nSPS) is 15.9. The second-order valence-corrected chi connectivity index (χ2v) is 7.93. The van der Waals surface area contributed by atoms with E-state index < -0.39 is 35.3 Å². The maximum absolute atomic E-state index is 13.7. The van der Waals surface area contributed by atoms with E-state index in [-0.39, 0.29) is 28.3 Å². The van der Waals surface area contributed by atoms with Crippen LogP contribution in [-0.2, 0) is 25.2 Å². The molecule has 1 atom stereocenters. The lowest BCUT2D eigenvalue weighted by molar-refractivity contribution is -0.139. The van der Waals surface area contributed by atoms with Crippen LogP contribution in [0.5, 0.6) is 0 Å². The zero-order chi connectivity index (χ0) is 26.8. The predicted octanol–water partition coefficient (Wildman–Crippen LogP) is 3.67. The number of carbonyl (C=O) groups excluding carboxylic acids is 2. The monoisotopic (exact) mass is 500 g/mol. The first-order chi connectivity index (χ1) is 17.0. The van der Waals surface area contributed by atoms with Crippen molar-refractivity contribution in [2.45, 2.75) is 12.1 Å². The number of allylic oxidation sites excluding steroid dienone is 1. The number of nitrogens with two attached hydrogens (primary N) is 1. The quantitative estimate of drug-likeness (QED) is 0.620. The third-order valence-electron chi connectivity index (χ3n) is 5.64. The summed E-state index contributed by atoms with van der Waals surface area (Å²) in [6, 6.07) is 13.1. The summed E-state index contributed by atoms with van der Waals surface area (Å²) in [5.41, 5.74) is 4.94. The minimum Gasteiger partial charge on any atom is -0.466 e. The number of anilines is 2. The van der Waals surface area contributed by atoms with Gasteiger partial charge in [0.05, 0.1) is 54.3 Å². The molecule has 0 radical (unpaired) electrons. The molecule has 0 spiro atoms. The second-order valence-electron chi connectivity index (χ2n) is 7.93. The van der Waals surface area contributed by atoms with Gasteiger partial charge in [-0.2, -0.15) is 18.4 Å². The highest BCUT2D eigenvalue weighted by molar-refractivity contribution is 6.07. The van der Waals surface area contributed by atoms with Crippen LogP contribution in [0, 0.1) is 11.3 Å². The second kappa shape index (κ2) is 10.0.